The predicted octanol–water partition coefficient (Wildman–Crippen LogP) is 0.838. The van der Waals surface area contributed by atoms with Crippen molar-refractivity contribution in [3.05, 3.63) is 35.3 Å². The van der Waals surface area contributed by atoms with Gasteiger partial charge in [-0.05, 0) is 38.9 Å². The Balaban J connectivity index is 2.11. The van der Waals surface area contributed by atoms with Gasteiger partial charge in [-0.1, -0.05) is 0 Å². The summed E-state index contributed by atoms with van der Waals surface area (Å²) in [6, 6.07) is 5.14. The molecule has 1 aromatic rings. The molecule has 4 nitrogen and oxygen atoms in total. The van der Waals surface area contributed by atoms with Gasteiger partial charge in [0.05, 0.1) is 0 Å². The van der Waals surface area contributed by atoms with Crippen LogP contribution in [0.3, 0.4) is 0 Å². The average Bonchev–Trinajstić information content (AvgIpc) is 2.81. The highest BCUT2D eigenvalue weighted by Gasteiger charge is 2.29. The number of nitrogens with zero attached hydrogens (tertiary/aromatic N) is 2. The number of pyridine rings is 1. The molecule has 2 heterocycles. The van der Waals surface area contributed by atoms with Crippen molar-refractivity contribution in [2.45, 2.75) is 31.9 Å². The van der Waals surface area contributed by atoms with Crippen molar-refractivity contribution in [2.24, 2.45) is 0 Å². The van der Waals surface area contributed by atoms with E-state index in [1.807, 2.05) is 6.92 Å². The van der Waals surface area contributed by atoms with Crippen LogP contribution in [0, 0.1) is 5.21 Å². The van der Waals surface area contributed by atoms with E-state index in [1.54, 1.807) is 18.2 Å². The van der Waals surface area contributed by atoms with Gasteiger partial charge in [-0.3, -0.25) is 4.90 Å². The van der Waals surface area contributed by atoms with Gasteiger partial charge in [0.15, 0.2) is 12.3 Å². The van der Waals surface area contributed by atoms with Crippen LogP contribution in [0.1, 0.15) is 31.6 Å². The van der Waals surface area contributed by atoms with E-state index in [0.29, 0.717) is 5.69 Å². The Morgan fingerprint density at radius 2 is 2.06 bits per heavy atom. The first-order chi connectivity index (χ1) is 7.70. The standard InChI is InChI=1S/C12H18N2O2/c1-10(13-7-4-5-8-13)12(15)11-6-2-3-9-14(11)16/h2-3,6,9-10,12,15H,4-5,7-8H2,1H3/t10-,12-/m1/s1. The van der Waals surface area contributed by atoms with Crippen molar-refractivity contribution in [3.63, 3.8) is 0 Å². The van der Waals surface area contributed by atoms with Crippen molar-refractivity contribution >= 4 is 0 Å². The maximum absolute atomic E-state index is 11.5. The van der Waals surface area contributed by atoms with Crippen LogP contribution < -0.4 is 4.73 Å². The molecule has 2 atom stereocenters. The van der Waals surface area contributed by atoms with Gasteiger partial charge in [0.2, 0.25) is 5.69 Å². The molecule has 1 fully saturated rings. The summed E-state index contributed by atoms with van der Waals surface area (Å²) in [4.78, 5) is 2.23. The minimum absolute atomic E-state index is 0.00472. The lowest BCUT2D eigenvalue weighted by Gasteiger charge is -2.27. The minimum atomic E-state index is -0.711. The van der Waals surface area contributed by atoms with E-state index < -0.39 is 6.10 Å². The first kappa shape index (κ1) is 11.4. The zero-order valence-corrected chi connectivity index (χ0v) is 9.54. The summed E-state index contributed by atoms with van der Waals surface area (Å²) in [6.45, 7) is 4.01. The van der Waals surface area contributed by atoms with E-state index in [4.69, 9.17) is 0 Å². The van der Waals surface area contributed by atoms with Crippen molar-refractivity contribution in [3.8, 4) is 0 Å². The zero-order valence-electron chi connectivity index (χ0n) is 9.54. The van der Waals surface area contributed by atoms with Crippen molar-refractivity contribution in [1.82, 2.24) is 4.90 Å². The molecule has 1 saturated heterocycles. The molecule has 2 rings (SSSR count). The van der Waals surface area contributed by atoms with E-state index in [0.717, 1.165) is 17.8 Å². The monoisotopic (exact) mass is 222 g/mol. The minimum Gasteiger partial charge on any atom is -0.618 e. The Kier molecular flexibility index (Phi) is 3.41. The van der Waals surface area contributed by atoms with Crippen LogP contribution in [0.5, 0.6) is 0 Å². The summed E-state index contributed by atoms with van der Waals surface area (Å²) >= 11 is 0. The Morgan fingerprint density at radius 1 is 1.38 bits per heavy atom. The lowest BCUT2D eigenvalue weighted by atomic mass is 10.1. The molecular formula is C12H18N2O2. The smallest absolute Gasteiger partial charge is 0.222 e. The summed E-state index contributed by atoms with van der Waals surface area (Å²) in [5, 5.41) is 21.7. The van der Waals surface area contributed by atoms with Gasteiger partial charge in [0.1, 0.15) is 0 Å². The fourth-order valence-electron chi connectivity index (χ4n) is 2.27. The van der Waals surface area contributed by atoms with Crippen LogP contribution in [-0.4, -0.2) is 29.1 Å². The molecule has 0 bridgehead atoms. The summed E-state index contributed by atoms with van der Waals surface area (Å²) in [5.74, 6) is 0. The normalized spacial score (nSPS) is 20.9. The lowest BCUT2D eigenvalue weighted by Crippen LogP contribution is -2.41. The molecule has 1 aliphatic heterocycles. The highest BCUT2D eigenvalue weighted by Crippen LogP contribution is 2.21. The number of aliphatic hydroxyl groups excluding tert-OH is 1. The fourth-order valence-corrected chi connectivity index (χ4v) is 2.27. The van der Waals surface area contributed by atoms with Crippen LogP contribution in [0.2, 0.25) is 0 Å². The molecule has 0 radical (unpaired) electrons. The van der Waals surface area contributed by atoms with Gasteiger partial charge >= 0.3 is 0 Å². The van der Waals surface area contributed by atoms with E-state index in [-0.39, 0.29) is 6.04 Å². The molecule has 0 unspecified atom stereocenters. The summed E-state index contributed by atoms with van der Waals surface area (Å²) in [6.07, 6.45) is 3.08. The molecule has 1 aromatic heterocycles. The van der Waals surface area contributed by atoms with Gasteiger partial charge < -0.3 is 10.3 Å². The maximum atomic E-state index is 11.5. The molecule has 16 heavy (non-hydrogen) atoms. The first-order valence-corrected chi connectivity index (χ1v) is 5.80. The largest absolute Gasteiger partial charge is 0.618 e. The summed E-state index contributed by atoms with van der Waals surface area (Å²) in [7, 11) is 0. The average molecular weight is 222 g/mol. The molecule has 0 saturated carbocycles. The third-order valence-corrected chi connectivity index (χ3v) is 3.33. The molecule has 0 amide bonds. The van der Waals surface area contributed by atoms with E-state index in [2.05, 4.69) is 4.90 Å². The second-order valence-electron chi connectivity index (χ2n) is 4.38. The molecule has 0 spiro atoms. The second-order valence-corrected chi connectivity index (χ2v) is 4.38. The Labute approximate surface area is 95.7 Å². The van der Waals surface area contributed by atoms with Crippen LogP contribution in [0.4, 0.5) is 0 Å². The number of aromatic nitrogens is 1. The first-order valence-electron chi connectivity index (χ1n) is 5.80. The van der Waals surface area contributed by atoms with Crippen LogP contribution in [0.25, 0.3) is 0 Å². The number of aliphatic hydroxyl groups is 1. The second kappa shape index (κ2) is 4.80. The predicted molar refractivity (Wildman–Crippen MR) is 60.6 cm³/mol. The van der Waals surface area contributed by atoms with Gasteiger partial charge in [-0.15, -0.1) is 0 Å². The van der Waals surface area contributed by atoms with Gasteiger partial charge in [0, 0.05) is 18.2 Å². The van der Waals surface area contributed by atoms with E-state index >= 15 is 0 Å². The molecule has 0 aliphatic carbocycles. The number of rotatable bonds is 3. The van der Waals surface area contributed by atoms with Crippen molar-refractivity contribution < 1.29 is 9.84 Å². The number of hydrogen-bond donors (Lipinski definition) is 1. The van der Waals surface area contributed by atoms with E-state index in [9.17, 15) is 10.3 Å². The third-order valence-electron chi connectivity index (χ3n) is 3.33. The topological polar surface area (TPSA) is 50.4 Å². The van der Waals surface area contributed by atoms with Crippen LogP contribution >= 0.6 is 0 Å². The molecule has 1 aliphatic rings. The SMILES string of the molecule is C[C@H]([C@@H](O)c1cccc[n+]1[O-])N1CCCC1. The summed E-state index contributed by atoms with van der Waals surface area (Å²) < 4.78 is 0.747. The summed E-state index contributed by atoms with van der Waals surface area (Å²) in [5.41, 5.74) is 0.432. The molecule has 0 aromatic carbocycles. The quantitative estimate of drug-likeness (QED) is 0.609. The highest BCUT2D eigenvalue weighted by atomic mass is 16.5. The van der Waals surface area contributed by atoms with E-state index in [1.165, 1.54) is 19.0 Å². The Bertz CT molecular complexity index is 351. The van der Waals surface area contributed by atoms with Crippen molar-refractivity contribution in [1.29, 1.82) is 0 Å². The van der Waals surface area contributed by atoms with Crippen molar-refractivity contribution in [2.75, 3.05) is 13.1 Å². The highest BCUT2D eigenvalue weighted by molar-refractivity contribution is 5.03. The third kappa shape index (κ3) is 2.18. The maximum Gasteiger partial charge on any atom is 0.222 e. The Morgan fingerprint density at radius 3 is 2.69 bits per heavy atom. The van der Waals surface area contributed by atoms with Gasteiger partial charge in [-0.2, -0.15) is 4.73 Å². The van der Waals surface area contributed by atoms with Gasteiger partial charge in [0.25, 0.3) is 0 Å². The zero-order chi connectivity index (χ0) is 11.5. The molecule has 1 N–H and O–H groups in total. The molecular weight excluding hydrogens is 204 g/mol. The van der Waals surface area contributed by atoms with Gasteiger partial charge in [-0.25, -0.2) is 0 Å². The molecule has 88 valence electrons. The lowest BCUT2D eigenvalue weighted by molar-refractivity contribution is -0.619. The Hall–Kier alpha value is -1.13. The van der Waals surface area contributed by atoms with Crippen LogP contribution in [0.15, 0.2) is 24.4 Å². The number of hydrogen-bond acceptors (Lipinski definition) is 3. The fraction of sp³-hybridized carbons (Fsp3) is 0.583. The van der Waals surface area contributed by atoms with Crippen LogP contribution in [-0.2, 0) is 0 Å². The molecule has 4 heteroatoms. The number of likely N-dealkylation sites (tertiary alicyclic amines) is 1.